The van der Waals surface area contributed by atoms with Crippen molar-refractivity contribution in [2.24, 2.45) is 0 Å². The van der Waals surface area contributed by atoms with E-state index in [9.17, 15) is 4.79 Å². The van der Waals surface area contributed by atoms with Crippen LogP contribution in [0.15, 0.2) is 54.6 Å². The zero-order chi connectivity index (χ0) is 22.7. The maximum atomic E-state index is 10.3. The Morgan fingerprint density at radius 1 is 0.645 bits per heavy atom. The molecule has 0 saturated carbocycles. The first kappa shape index (κ1) is 28.1. The van der Waals surface area contributed by atoms with Crippen LogP contribution in [0.5, 0.6) is 5.75 Å². The number of carbonyl (C=O) groups excluding carboxylic acids is 1. The molecule has 3 N–H and O–H groups in total. The first-order valence-corrected chi connectivity index (χ1v) is 9.80. The Morgan fingerprint density at radius 3 is 1.52 bits per heavy atom. The Hall–Kier alpha value is -2.95. The summed E-state index contributed by atoms with van der Waals surface area (Å²) in [5.41, 5.74) is 8.23. The summed E-state index contributed by atoms with van der Waals surface area (Å²) in [6.07, 6.45) is 0.867. The van der Waals surface area contributed by atoms with Gasteiger partial charge in [0.2, 0.25) is 0 Å². The summed E-state index contributed by atoms with van der Waals surface area (Å²) < 4.78 is 0. The minimum Gasteiger partial charge on any atom is -0.508 e. The fourth-order valence-electron chi connectivity index (χ4n) is 2.49. The second-order valence-electron chi connectivity index (χ2n) is 7.32. The van der Waals surface area contributed by atoms with E-state index in [2.05, 4.69) is 13.8 Å². The van der Waals surface area contributed by atoms with Crippen molar-refractivity contribution < 1.29 is 20.1 Å². The average molecular weight is 425 g/mol. The highest BCUT2D eigenvalue weighted by Gasteiger charge is 1.95. The largest absolute Gasteiger partial charge is 0.508 e. The smallest absolute Gasteiger partial charge is 0.150 e. The lowest BCUT2D eigenvalue weighted by atomic mass is 10.1. The van der Waals surface area contributed by atoms with Gasteiger partial charge in [0, 0.05) is 5.56 Å². The zero-order valence-corrected chi connectivity index (χ0v) is 18.4. The lowest BCUT2D eigenvalue weighted by molar-refractivity contribution is 0.112. The number of carbonyl (C=O) groups is 1. The number of hydrogen-bond donors (Lipinski definition) is 3. The topological polar surface area (TPSA) is 77.8 Å². The van der Waals surface area contributed by atoms with Crippen molar-refractivity contribution in [2.75, 3.05) is 0 Å². The third-order valence-electron chi connectivity index (χ3n) is 4.88. The number of hydrogen-bond acceptors (Lipinski definition) is 4. The highest BCUT2D eigenvalue weighted by molar-refractivity contribution is 5.75. The molecule has 3 aromatic carbocycles. The van der Waals surface area contributed by atoms with Gasteiger partial charge in [0.25, 0.3) is 0 Å². The number of aldehydes is 1. The van der Waals surface area contributed by atoms with E-state index in [1.807, 2.05) is 57.2 Å². The molecular weight excluding hydrogens is 388 g/mol. The highest BCUT2D eigenvalue weighted by atomic mass is 16.3. The first-order valence-electron chi connectivity index (χ1n) is 9.80. The normalized spacial score (nSPS) is 9.39. The molecule has 0 heterocycles. The highest BCUT2D eigenvalue weighted by Crippen LogP contribution is 2.16. The molecule has 0 aliphatic heterocycles. The third kappa shape index (κ3) is 9.60. The SMILES string of the molecule is C.Cc1ccc(C=O)cc1C.Cc1ccc(CO)cc1C.Cc1ccc(CO)cc1O. The van der Waals surface area contributed by atoms with Crippen molar-refractivity contribution in [1.82, 2.24) is 0 Å². The number of aromatic hydroxyl groups is 1. The van der Waals surface area contributed by atoms with Gasteiger partial charge in [0.1, 0.15) is 12.0 Å². The van der Waals surface area contributed by atoms with Gasteiger partial charge in [-0.2, -0.15) is 0 Å². The molecule has 31 heavy (non-hydrogen) atoms. The summed E-state index contributed by atoms with van der Waals surface area (Å²) in [5, 5.41) is 26.5. The molecule has 0 atom stereocenters. The minimum absolute atomic E-state index is 0. The Morgan fingerprint density at radius 2 is 1.10 bits per heavy atom. The molecular formula is C27H36O4. The van der Waals surface area contributed by atoms with Gasteiger partial charge in [-0.1, -0.05) is 49.9 Å². The van der Waals surface area contributed by atoms with Crippen molar-refractivity contribution in [3.63, 3.8) is 0 Å². The minimum atomic E-state index is -0.0200. The van der Waals surface area contributed by atoms with E-state index >= 15 is 0 Å². The van der Waals surface area contributed by atoms with Crippen molar-refractivity contribution in [1.29, 1.82) is 0 Å². The molecule has 168 valence electrons. The first-order chi connectivity index (χ1) is 14.2. The van der Waals surface area contributed by atoms with Crippen LogP contribution in [0.4, 0.5) is 0 Å². The van der Waals surface area contributed by atoms with E-state index in [4.69, 9.17) is 15.3 Å². The van der Waals surface area contributed by atoms with Crippen LogP contribution in [0.3, 0.4) is 0 Å². The second-order valence-corrected chi connectivity index (χ2v) is 7.32. The van der Waals surface area contributed by atoms with Crippen molar-refractivity contribution in [3.05, 3.63) is 99.1 Å². The van der Waals surface area contributed by atoms with E-state index in [1.54, 1.807) is 18.2 Å². The molecule has 4 nitrogen and oxygen atoms in total. The average Bonchev–Trinajstić information content (AvgIpc) is 2.75. The molecule has 4 heteroatoms. The van der Waals surface area contributed by atoms with Crippen LogP contribution >= 0.6 is 0 Å². The summed E-state index contributed by atoms with van der Waals surface area (Å²) in [5.74, 6) is 0.242. The van der Waals surface area contributed by atoms with E-state index in [-0.39, 0.29) is 26.4 Å². The van der Waals surface area contributed by atoms with Gasteiger partial charge in [0.05, 0.1) is 13.2 Å². The van der Waals surface area contributed by atoms with Gasteiger partial charge in [0.15, 0.2) is 0 Å². The van der Waals surface area contributed by atoms with Crippen LogP contribution in [-0.2, 0) is 13.2 Å². The number of phenols is 1. The number of aliphatic hydroxyl groups is 2. The van der Waals surface area contributed by atoms with Crippen LogP contribution in [0.1, 0.15) is 56.7 Å². The molecule has 3 aromatic rings. The van der Waals surface area contributed by atoms with Crippen LogP contribution in [0.25, 0.3) is 0 Å². The van der Waals surface area contributed by atoms with E-state index in [0.717, 1.165) is 28.5 Å². The number of rotatable bonds is 3. The van der Waals surface area contributed by atoms with Gasteiger partial charge in [-0.3, -0.25) is 4.79 Å². The van der Waals surface area contributed by atoms with E-state index in [0.29, 0.717) is 0 Å². The Kier molecular flexibility index (Phi) is 12.8. The molecule has 0 spiro atoms. The second kappa shape index (κ2) is 14.1. The Balaban J connectivity index is 0.000000429. The molecule has 0 unspecified atom stereocenters. The van der Waals surface area contributed by atoms with E-state index in [1.165, 1.54) is 22.3 Å². The molecule has 0 aliphatic carbocycles. The lowest BCUT2D eigenvalue weighted by Gasteiger charge is -2.00. The Labute approximate surface area is 186 Å². The van der Waals surface area contributed by atoms with Gasteiger partial charge >= 0.3 is 0 Å². The molecule has 0 bridgehead atoms. The monoisotopic (exact) mass is 424 g/mol. The van der Waals surface area contributed by atoms with Crippen molar-refractivity contribution in [3.8, 4) is 5.75 Å². The Bertz CT molecular complexity index is 910. The molecule has 0 amide bonds. The number of aryl methyl sites for hydroxylation is 5. The summed E-state index contributed by atoms with van der Waals surface area (Å²) in [7, 11) is 0. The van der Waals surface area contributed by atoms with Gasteiger partial charge < -0.3 is 15.3 Å². The van der Waals surface area contributed by atoms with Crippen molar-refractivity contribution in [2.45, 2.75) is 55.3 Å². The maximum Gasteiger partial charge on any atom is 0.150 e. The van der Waals surface area contributed by atoms with Crippen molar-refractivity contribution >= 4 is 6.29 Å². The number of aliphatic hydroxyl groups excluding tert-OH is 2. The standard InChI is InChI=1S/C9H12O.C9H10O.C8H10O2.CH4/c2*1-7-3-4-9(6-10)5-8(7)2;1-6-2-3-7(5-9)4-8(6)10;/h3-5,10H,6H2,1-2H3;3-6H,1-2H3;2-4,9-10H,5H2,1H3;1H4. The summed E-state index contributed by atoms with van der Waals surface area (Å²) in [4.78, 5) is 10.3. The van der Waals surface area contributed by atoms with Crippen LogP contribution < -0.4 is 0 Å². The molecule has 0 aliphatic rings. The van der Waals surface area contributed by atoms with Crippen LogP contribution in [0.2, 0.25) is 0 Å². The lowest BCUT2D eigenvalue weighted by Crippen LogP contribution is -1.86. The van der Waals surface area contributed by atoms with Gasteiger partial charge in [-0.15, -0.1) is 0 Å². The molecule has 3 rings (SSSR count). The zero-order valence-electron chi connectivity index (χ0n) is 18.4. The van der Waals surface area contributed by atoms with Gasteiger partial charge in [-0.25, -0.2) is 0 Å². The summed E-state index contributed by atoms with van der Waals surface area (Å²) >= 11 is 0. The van der Waals surface area contributed by atoms with Gasteiger partial charge in [-0.05, 0) is 85.7 Å². The summed E-state index contributed by atoms with van der Waals surface area (Å²) in [6, 6.07) is 16.8. The maximum absolute atomic E-state index is 10.3. The third-order valence-corrected chi connectivity index (χ3v) is 4.88. The molecule has 0 aromatic heterocycles. The fourth-order valence-corrected chi connectivity index (χ4v) is 2.49. The molecule has 0 saturated heterocycles. The summed E-state index contributed by atoms with van der Waals surface area (Å²) in [6.45, 7) is 10.1. The predicted molar refractivity (Wildman–Crippen MR) is 129 cm³/mol. The number of phenolic OH excluding ortho intramolecular Hbond substituents is 1. The number of benzene rings is 3. The molecule has 0 fully saturated rings. The van der Waals surface area contributed by atoms with Crippen LogP contribution in [-0.4, -0.2) is 21.6 Å². The predicted octanol–water partition coefficient (Wildman–Crippen LogP) is 5.74. The van der Waals surface area contributed by atoms with Crippen LogP contribution in [0, 0.1) is 34.6 Å². The quantitative estimate of drug-likeness (QED) is 0.469. The molecule has 0 radical (unpaired) electrons. The van der Waals surface area contributed by atoms with E-state index < -0.39 is 0 Å². The fraction of sp³-hybridized carbons (Fsp3) is 0.296.